The number of aromatic nitrogens is 3. The minimum atomic E-state index is -3.85. The van der Waals surface area contributed by atoms with Crippen molar-refractivity contribution in [2.24, 2.45) is 24.9 Å². The number of aryl methyl sites for hydroxylation is 2. The van der Waals surface area contributed by atoms with Crippen molar-refractivity contribution in [3.8, 4) is 5.69 Å². The summed E-state index contributed by atoms with van der Waals surface area (Å²) in [4.78, 5) is 31.8. The first kappa shape index (κ1) is 45.8. The molecule has 0 spiro atoms. The number of nitrogens with one attached hydrogen (secondary N) is 2. The van der Waals surface area contributed by atoms with Crippen molar-refractivity contribution in [1.29, 1.82) is 0 Å². The molecule has 2 aliphatic rings. The number of benzene rings is 2. The number of pyridine rings is 1. The number of urea groups is 2. The van der Waals surface area contributed by atoms with Crippen LogP contribution in [0.3, 0.4) is 0 Å². The highest BCUT2D eigenvalue weighted by molar-refractivity contribution is 7.91. The summed E-state index contributed by atoms with van der Waals surface area (Å²) in [6, 6.07) is 12.3. The van der Waals surface area contributed by atoms with Gasteiger partial charge in [-0.05, 0) is 136 Å². The van der Waals surface area contributed by atoms with Gasteiger partial charge in [-0.1, -0.05) is 45.0 Å². The lowest BCUT2D eigenvalue weighted by Gasteiger charge is -2.22. The largest absolute Gasteiger partial charge is 0.450 e. The zero-order chi connectivity index (χ0) is 45.8. The molecule has 0 fully saturated rings. The van der Waals surface area contributed by atoms with E-state index in [1.807, 2.05) is 32.0 Å². The van der Waals surface area contributed by atoms with Gasteiger partial charge in [0.25, 0.3) is 0 Å². The van der Waals surface area contributed by atoms with E-state index >= 15 is 0 Å². The van der Waals surface area contributed by atoms with Crippen LogP contribution in [0, 0.1) is 12.8 Å². The van der Waals surface area contributed by atoms with Gasteiger partial charge in [-0.3, -0.25) is 4.98 Å². The average Bonchev–Trinajstić information content (AvgIpc) is 4.00. The summed E-state index contributed by atoms with van der Waals surface area (Å²) in [5, 5.41) is 43.7. The molecule has 2 aliphatic carbocycles. The van der Waals surface area contributed by atoms with Gasteiger partial charge in [-0.25, -0.2) is 33.0 Å². The highest BCUT2D eigenvalue weighted by atomic mass is 32.2. The molecular weight excluding hydrogens is 843 g/mol. The quantitative estimate of drug-likeness (QED) is 0.0750. The fourth-order valence-corrected chi connectivity index (χ4v) is 10.6. The summed E-state index contributed by atoms with van der Waals surface area (Å²) in [6.07, 6.45) is 8.07. The Labute approximate surface area is 368 Å². The second kappa shape index (κ2) is 17.0. The Bertz CT molecular complexity index is 2850. The highest BCUT2D eigenvalue weighted by Gasteiger charge is 2.33. The van der Waals surface area contributed by atoms with E-state index in [2.05, 4.69) is 42.4 Å². The Morgan fingerprint density at radius 2 is 1.52 bits per heavy atom. The molecule has 4 unspecified atom stereocenters. The normalized spacial score (nSPS) is 17.4. The molecule has 5 aromatic rings. The molecule has 4 amide bonds. The van der Waals surface area contributed by atoms with Gasteiger partial charge in [0.2, 0.25) is 5.09 Å². The van der Waals surface area contributed by atoms with Crippen molar-refractivity contribution in [3.63, 3.8) is 0 Å². The van der Waals surface area contributed by atoms with Crippen molar-refractivity contribution in [2.75, 3.05) is 10.6 Å². The topological polar surface area (TPSA) is 253 Å². The molecule has 0 saturated carbocycles. The fourth-order valence-electron chi connectivity index (χ4n) is 8.84. The van der Waals surface area contributed by atoms with Gasteiger partial charge < -0.3 is 25.3 Å². The summed E-state index contributed by atoms with van der Waals surface area (Å²) >= 11 is 0. The highest BCUT2D eigenvalue weighted by Crippen LogP contribution is 2.44. The zero-order valence-corrected chi connectivity index (χ0v) is 38.5. The Balaban J connectivity index is 1.13. The number of carbonyl (C=O) groups excluding carboxylic acids is 2. The molecule has 0 bridgehead atoms. The number of para-hydroxylation sites is 1. The number of aliphatic hydroxyl groups is 2. The molecule has 16 nitrogen and oxygen atoms in total. The minimum absolute atomic E-state index is 0.0368. The van der Waals surface area contributed by atoms with Crippen LogP contribution >= 0.6 is 0 Å². The van der Waals surface area contributed by atoms with E-state index in [0.29, 0.717) is 46.9 Å². The lowest BCUT2D eigenvalue weighted by Crippen LogP contribution is -2.20. The molecular formula is C45H57N9O7S2. The summed E-state index contributed by atoms with van der Waals surface area (Å²) in [6.45, 7) is 13.9. The van der Waals surface area contributed by atoms with Crippen LogP contribution in [0.1, 0.15) is 124 Å². The van der Waals surface area contributed by atoms with E-state index in [1.165, 1.54) is 16.8 Å². The molecule has 3 aromatic heterocycles. The van der Waals surface area contributed by atoms with Crippen molar-refractivity contribution < 1.29 is 32.6 Å². The second-order valence-corrected chi connectivity index (χ2v) is 21.5. The van der Waals surface area contributed by atoms with Crippen molar-refractivity contribution in [1.82, 2.24) is 14.8 Å². The monoisotopic (exact) mass is 899 g/mol. The maximum absolute atomic E-state index is 13.9. The Hall–Kier alpha value is -5.24. The van der Waals surface area contributed by atoms with Crippen molar-refractivity contribution >= 4 is 43.3 Å². The molecule has 7 rings (SSSR count). The van der Waals surface area contributed by atoms with E-state index in [0.717, 1.165) is 59.1 Å². The van der Waals surface area contributed by atoms with Gasteiger partial charge in [0.05, 0.1) is 22.7 Å². The third-order valence-corrected chi connectivity index (χ3v) is 14.3. The van der Waals surface area contributed by atoms with Crippen molar-refractivity contribution in [3.05, 3.63) is 111 Å². The SMILES string of the molecule is Cc1oc(S(N)(=O)=NC(=O)Nc2c(C(C)C)cncc2C(C)CC2Cc3cc4c(c(NC(=O)N=S(N)(=O)c5cc(C(C)(C)O)n(-c6ccccc6)n5)c3C2)CCC4)cc1C(C)(C)O. The number of carbonyl (C=O) groups is 2. The number of rotatable bonds is 11. The number of fused-ring (bicyclic) bond motifs is 2. The number of hydrogen-bond acceptors (Lipinski definition) is 9. The van der Waals surface area contributed by atoms with E-state index < -0.39 is 43.1 Å². The van der Waals surface area contributed by atoms with E-state index in [9.17, 15) is 28.2 Å². The summed E-state index contributed by atoms with van der Waals surface area (Å²) in [5.41, 5.74) is 5.70. The second-order valence-electron chi connectivity index (χ2n) is 18.1. The molecule has 336 valence electrons. The summed E-state index contributed by atoms with van der Waals surface area (Å²) in [7, 11) is -7.67. The third kappa shape index (κ3) is 9.66. The smallest absolute Gasteiger partial charge is 0.354 e. The van der Waals surface area contributed by atoms with Crippen LogP contribution in [0.15, 0.2) is 84.2 Å². The van der Waals surface area contributed by atoms with Crippen LogP contribution in [0.5, 0.6) is 0 Å². The van der Waals surface area contributed by atoms with Gasteiger partial charge in [0.1, 0.15) is 11.4 Å². The Morgan fingerprint density at radius 1 is 0.873 bits per heavy atom. The predicted molar refractivity (Wildman–Crippen MR) is 242 cm³/mol. The van der Waals surface area contributed by atoms with E-state index in [1.54, 1.807) is 59.1 Å². The standard InChI is InChI=1S/C45H57N9O7S2/c1-25(2)34-23-48-24-35(41(34)50-43(56)53-63(47,60)39-21-36(27(4)61-39)44(5,6)57)26(3)17-28-18-30-20-29-13-12-16-32(29)40(33(30)19-28)49-42(55)52-62(46,59)38-22-37(45(7,8)58)54(51-38)31-14-10-9-11-15-31/h9-11,14-15,20-26,28,57-58H,12-13,16-19H2,1-8H3,(H3,46,49,52,55,59)(H3,47,48,50,53,56,60). The maximum Gasteiger partial charge on any atom is 0.354 e. The minimum Gasteiger partial charge on any atom is -0.450 e. The average molecular weight is 900 g/mol. The number of nitrogens with two attached hydrogens (primary N) is 2. The van der Waals surface area contributed by atoms with Crippen molar-refractivity contribution in [2.45, 2.75) is 127 Å². The first-order valence-electron chi connectivity index (χ1n) is 21.0. The molecule has 3 heterocycles. The first-order chi connectivity index (χ1) is 29.4. The number of furan rings is 1. The summed E-state index contributed by atoms with van der Waals surface area (Å²) in [5.74, 6) is 0.317. The molecule has 8 N–H and O–H groups in total. The van der Waals surface area contributed by atoms with Crippen LogP contribution in [-0.2, 0) is 56.7 Å². The van der Waals surface area contributed by atoms with Crippen LogP contribution in [0.25, 0.3) is 5.69 Å². The predicted octanol–water partition coefficient (Wildman–Crippen LogP) is 8.01. The maximum atomic E-state index is 13.9. The number of nitrogens with zero attached hydrogens (tertiary/aromatic N) is 5. The number of amides is 4. The zero-order valence-electron chi connectivity index (χ0n) is 36.9. The van der Waals surface area contributed by atoms with Gasteiger partial charge in [-0.15, -0.1) is 8.73 Å². The Kier molecular flexibility index (Phi) is 12.4. The van der Waals surface area contributed by atoms with E-state index in [4.69, 9.17) is 14.7 Å². The molecule has 0 radical (unpaired) electrons. The van der Waals surface area contributed by atoms with Gasteiger partial charge in [0, 0.05) is 35.8 Å². The summed E-state index contributed by atoms with van der Waals surface area (Å²) < 4.78 is 42.4. The number of hydrogen-bond donors (Lipinski definition) is 6. The fraction of sp³-hybridized carbons (Fsp3) is 0.422. The molecule has 4 atom stereocenters. The van der Waals surface area contributed by atoms with Crippen LogP contribution in [-0.4, -0.2) is 45.5 Å². The van der Waals surface area contributed by atoms with Crippen LogP contribution < -0.4 is 20.9 Å². The van der Waals surface area contributed by atoms with Crippen LogP contribution in [0.2, 0.25) is 0 Å². The van der Waals surface area contributed by atoms with Gasteiger partial charge in [-0.2, -0.15) is 5.10 Å². The first-order valence-corrected chi connectivity index (χ1v) is 24.2. The van der Waals surface area contributed by atoms with Crippen LogP contribution in [0.4, 0.5) is 21.0 Å². The van der Waals surface area contributed by atoms with Gasteiger partial charge >= 0.3 is 12.1 Å². The van der Waals surface area contributed by atoms with Gasteiger partial charge in [0.15, 0.2) is 24.9 Å². The lowest BCUT2D eigenvalue weighted by atomic mass is 9.86. The molecule has 0 aliphatic heterocycles. The molecule has 2 aromatic carbocycles. The third-order valence-electron chi connectivity index (χ3n) is 11.8. The molecule has 63 heavy (non-hydrogen) atoms. The number of anilines is 2. The Morgan fingerprint density at radius 3 is 2.16 bits per heavy atom. The molecule has 18 heteroatoms. The molecule has 0 saturated heterocycles. The van der Waals surface area contributed by atoms with E-state index in [-0.39, 0.29) is 27.9 Å². The lowest BCUT2D eigenvalue weighted by molar-refractivity contribution is 0.0711.